The smallest absolute Gasteiger partial charge is 0.200 e. The molecule has 2 atom stereocenters. The third kappa shape index (κ3) is 7.09. The molecular formula is C22H48O3Si2. The van der Waals surface area contributed by atoms with E-state index in [-0.39, 0.29) is 11.1 Å². The average Bonchev–Trinajstić information content (AvgIpc) is 2.49. The van der Waals surface area contributed by atoms with Gasteiger partial charge in [0.25, 0.3) is 0 Å². The second-order valence-corrected chi connectivity index (χ2v) is 21.0. The number of hydrogen-bond donors (Lipinski definition) is 0. The average molecular weight is 417 g/mol. The predicted octanol–water partition coefficient (Wildman–Crippen LogP) is 7.18. The van der Waals surface area contributed by atoms with Gasteiger partial charge in [-0.1, -0.05) is 69.2 Å². The third-order valence-electron chi connectivity index (χ3n) is 6.76. The van der Waals surface area contributed by atoms with Crippen LogP contribution in [-0.2, 0) is 13.6 Å². The minimum atomic E-state index is -1.88. The van der Waals surface area contributed by atoms with Crippen LogP contribution in [-0.4, -0.2) is 35.6 Å². The zero-order chi connectivity index (χ0) is 21.6. The summed E-state index contributed by atoms with van der Waals surface area (Å²) in [6, 6.07) is 0. The molecule has 0 aliphatic carbocycles. The largest absolute Gasteiger partial charge is 0.416 e. The summed E-state index contributed by atoms with van der Waals surface area (Å²) in [6.45, 7) is 28.3. The molecule has 0 aromatic rings. The molecular weight excluding hydrogens is 368 g/mol. The van der Waals surface area contributed by atoms with Crippen LogP contribution < -0.4 is 0 Å². The lowest BCUT2D eigenvalue weighted by Gasteiger charge is -2.44. The summed E-state index contributed by atoms with van der Waals surface area (Å²) in [5.74, 6) is 0.294. The summed E-state index contributed by atoms with van der Waals surface area (Å²) in [6.07, 6.45) is 2.46. The van der Waals surface area contributed by atoms with Gasteiger partial charge in [-0.15, -0.1) is 0 Å². The van der Waals surface area contributed by atoms with Crippen LogP contribution >= 0.6 is 0 Å². The Kier molecular flexibility index (Phi) is 10.7. The molecule has 0 rings (SSSR count). The molecule has 0 saturated heterocycles. The molecule has 0 fully saturated rings. The summed E-state index contributed by atoms with van der Waals surface area (Å²) < 4.78 is 13.6. The zero-order valence-corrected chi connectivity index (χ0v) is 22.3. The predicted molar refractivity (Wildman–Crippen MR) is 124 cm³/mol. The molecule has 0 amide bonds. The van der Waals surface area contributed by atoms with Gasteiger partial charge in [0, 0.05) is 18.9 Å². The Hall–Kier alpha value is 0.0238. The van der Waals surface area contributed by atoms with E-state index in [4.69, 9.17) is 8.85 Å². The lowest BCUT2D eigenvalue weighted by molar-refractivity contribution is -0.108. The molecule has 0 N–H and O–H groups in total. The van der Waals surface area contributed by atoms with Crippen molar-refractivity contribution in [3.05, 3.63) is 0 Å². The van der Waals surface area contributed by atoms with Crippen LogP contribution in [0.2, 0.25) is 34.8 Å². The summed E-state index contributed by atoms with van der Waals surface area (Å²) in [7, 11) is -3.76. The Morgan fingerprint density at radius 1 is 0.889 bits per heavy atom. The van der Waals surface area contributed by atoms with E-state index in [0.717, 1.165) is 19.3 Å². The molecule has 0 unspecified atom stereocenters. The Labute approximate surface area is 172 Å². The summed E-state index contributed by atoms with van der Waals surface area (Å²) in [5.41, 5.74) is 1.75. The van der Waals surface area contributed by atoms with Gasteiger partial charge in [-0.2, -0.15) is 0 Å². The van der Waals surface area contributed by atoms with Crippen molar-refractivity contribution in [2.24, 2.45) is 5.92 Å². The fourth-order valence-corrected chi connectivity index (χ4v) is 11.1. The van der Waals surface area contributed by atoms with Crippen LogP contribution in [0.1, 0.15) is 82.1 Å². The summed E-state index contributed by atoms with van der Waals surface area (Å²) in [4.78, 5) is 11.0. The van der Waals surface area contributed by atoms with Gasteiger partial charge in [-0.25, -0.2) is 0 Å². The number of rotatable bonds is 12. The highest BCUT2D eigenvalue weighted by molar-refractivity contribution is 6.77. The molecule has 0 heterocycles. The SMILES string of the molecule is CC(C)[Si](OC[C@@H](C)[C@@H](CCC=O)O[Si](C)(C)C(C)(C)C)(C(C)C)C(C)C. The number of carbonyl (C=O) groups excluding carboxylic acids is 1. The van der Waals surface area contributed by atoms with E-state index in [1.807, 2.05) is 0 Å². The van der Waals surface area contributed by atoms with Gasteiger partial charge < -0.3 is 13.6 Å². The van der Waals surface area contributed by atoms with E-state index in [9.17, 15) is 4.79 Å². The van der Waals surface area contributed by atoms with Crippen molar-refractivity contribution in [1.82, 2.24) is 0 Å². The molecule has 0 spiro atoms. The highest BCUT2D eigenvalue weighted by Crippen LogP contribution is 2.43. The van der Waals surface area contributed by atoms with Crippen LogP contribution in [0.15, 0.2) is 0 Å². The van der Waals surface area contributed by atoms with Crippen LogP contribution in [0.4, 0.5) is 0 Å². The normalized spacial score (nSPS) is 16.3. The fourth-order valence-electron chi connectivity index (χ4n) is 4.13. The summed E-state index contributed by atoms with van der Waals surface area (Å²) >= 11 is 0. The lowest BCUT2D eigenvalue weighted by atomic mass is 10.0. The Morgan fingerprint density at radius 3 is 1.67 bits per heavy atom. The summed E-state index contributed by atoms with van der Waals surface area (Å²) in [5, 5.41) is 0.166. The quantitative estimate of drug-likeness (QED) is 0.249. The van der Waals surface area contributed by atoms with Crippen molar-refractivity contribution >= 4 is 22.9 Å². The first kappa shape index (κ1) is 27.0. The van der Waals surface area contributed by atoms with Crippen molar-refractivity contribution in [2.75, 3.05) is 6.61 Å². The highest BCUT2D eigenvalue weighted by atomic mass is 28.4. The van der Waals surface area contributed by atoms with Gasteiger partial charge in [-0.3, -0.25) is 0 Å². The van der Waals surface area contributed by atoms with E-state index in [1.54, 1.807) is 0 Å². The van der Waals surface area contributed by atoms with Crippen LogP contribution in [0, 0.1) is 5.92 Å². The van der Waals surface area contributed by atoms with Crippen molar-refractivity contribution in [2.45, 2.75) is 123 Å². The van der Waals surface area contributed by atoms with Crippen LogP contribution in [0.3, 0.4) is 0 Å². The maximum atomic E-state index is 11.0. The molecule has 0 radical (unpaired) electrons. The molecule has 162 valence electrons. The first-order valence-corrected chi connectivity index (χ1v) is 15.9. The maximum Gasteiger partial charge on any atom is 0.200 e. The van der Waals surface area contributed by atoms with Crippen molar-refractivity contribution in [3.8, 4) is 0 Å². The topological polar surface area (TPSA) is 35.5 Å². The number of aldehydes is 1. The third-order valence-corrected chi connectivity index (χ3v) is 17.3. The first-order chi connectivity index (χ1) is 12.1. The second kappa shape index (κ2) is 10.7. The first-order valence-electron chi connectivity index (χ1n) is 10.9. The Morgan fingerprint density at radius 2 is 1.33 bits per heavy atom. The van der Waals surface area contributed by atoms with Gasteiger partial charge in [0.05, 0.1) is 6.10 Å². The van der Waals surface area contributed by atoms with E-state index in [0.29, 0.717) is 29.0 Å². The van der Waals surface area contributed by atoms with Gasteiger partial charge in [0.2, 0.25) is 0 Å². The number of carbonyl (C=O) groups is 1. The van der Waals surface area contributed by atoms with Gasteiger partial charge in [-0.05, 0) is 41.2 Å². The Bertz CT molecular complexity index is 418. The zero-order valence-electron chi connectivity index (χ0n) is 20.3. The molecule has 3 nitrogen and oxygen atoms in total. The molecule has 0 aromatic carbocycles. The molecule has 0 aliphatic rings. The molecule has 0 aliphatic heterocycles. The minimum Gasteiger partial charge on any atom is -0.416 e. The number of hydrogen-bond acceptors (Lipinski definition) is 3. The Balaban J connectivity index is 5.39. The van der Waals surface area contributed by atoms with Gasteiger partial charge >= 0.3 is 0 Å². The van der Waals surface area contributed by atoms with E-state index in [1.165, 1.54) is 0 Å². The molecule has 0 aromatic heterocycles. The van der Waals surface area contributed by atoms with Crippen molar-refractivity contribution < 1.29 is 13.6 Å². The lowest BCUT2D eigenvalue weighted by Crippen LogP contribution is -2.50. The van der Waals surface area contributed by atoms with Gasteiger partial charge in [0.1, 0.15) is 6.29 Å². The van der Waals surface area contributed by atoms with Crippen LogP contribution in [0.25, 0.3) is 0 Å². The minimum absolute atomic E-state index is 0.0919. The van der Waals surface area contributed by atoms with Crippen LogP contribution in [0.5, 0.6) is 0 Å². The molecule has 5 heteroatoms. The standard InChI is InChI=1S/C22H48O3Si2/c1-17(2)27(18(3)4,19(5)6)24-16-20(7)21(14-13-15-23)25-26(11,12)22(8,9)10/h15,17-21H,13-14,16H2,1-12H3/t20-,21-/m1/s1. The van der Waals surface area contributed by atoms with Crippen molar-refractivity contribution in [1.29, 1.82) is 0 Å². The van der Waals surface area contributed by atoms with Gasteiger partial charge in [0.15, 0.2) is 16.6 Å². The maximum absolute atomic E-state index is 11.0. The fraction of sp³-hybridized carbons (Fsp3) is 0.955. The molecule has 0 saturated carbocycles. The second-order valence-electron chi connectivity index (χ2n) is 10.8. The van der Waals surface area contributed by atoms with Crippen molar-refractivity contribution in [3.63, 3.8) is 0 Å². The molecule has 27 heavy (non-hydrogen) atoms. The van der Waals surface area contributed by atoms with E-state index in [2.05, 4.69) is 82.3 Å². The molecule has 0 bridgehead atoms. The van der Waals surface area contributed by atoms with E-state index < -0.39 is 16.6 Å². The highest BCUT2D eigenvalue weighted by Gasteiger charge is 2.46. The van der Waals surface area contributed by atoms with E-state index >= 15 is 0 Å². The monoisotopic (exact) mass is 416 g/mol.